The predicted octanol–water partition coefficient (Wildman–Crippen LogP) is 2.40. The molecule has 1 saturated carbocycles. The average Bonchev–Trinajstić information content (AvgIpc) is 2.97. The van der Waals surface area contributed by atoms with Gasteiger partial charge in [-0.15, -0.1) is 0 Å². The summed E-state index contributed by atoms with van der Waals surface area (Å²) in [7, 11) is 0. The zero-order chi connectivity index (χ0) is 12.5. The van der Waals surface area contributed by atoms with Gasteiger partial charge in [0.25, 0.3) is 0 Å². The van der Waals surface area contributed by atoms with Crippen molar-refractivity contribution in [2.75, 3.05) is 19.6 Å². The minimum Gasteiger partial charge on any atom is -0.311 e. The number of hydrogen-bond donors (Lipinski definition) is 1. The Kier molecular flexibility index (Phi) is 3.98. The molecule has 1 aliphatic carbocycles. The smallest absolute Gasteiger partial charge is 0.311 e. The first-order chi connectivity index (χ1) is 7.98. The number of rotatable bonds is 4. The second-order valence-electron chi connectivity index (χ2n) is 5.34. The Hall–Kier alpha value is -0.290. The minimum absolute atomic E-state index is 0.432. The van der Waals surface area contributed by atoms with Crippen LogP contribution in [0.15, 0.2) is 0 Å². The Morgan fingerprint density at radius 3 is 2.35 bits per heavy atom. The first-order valence-corrected chi connectivity index (χ1v) is 6.53. The molecule has 0 spiro atoms. The first-order valence-electron chi connectivity index (χ1n) is 6.53. The van der Waals surface area contributed by atoms with Gasteiger partial charge in [-0.05, 0) is 38.3 Å². The fourth-order valence-electron chi connectivity index (χ4n) is 2.72. The third kappa shape index (κ3) is 4.14. The van der Waals surface area contributed by atoms with E-state index in [9.17, 15) is 13.2 Å². The average molecular weight is 250 g/mol. The molecule has 1 heterocycles. The van der Waals surface area contributed by atoms with Gasteiger partial charge in [0.05, 0.1) is 6.54 Å². The molecular formula is C12H21F3N2. The lowest BCUT2D eigenvalue weighted by Crippen LogP contribution is -2.46. The van der Waals surface area contributed by atoms with Gasteiger partial charge < -0.3 is 5.32 Å². The molecule has 1 saturated heterocycles. The van der Waals surface area contributed by atoms with Gasteiger partial charge in [0.2, 0.25) is 0 Å². The van der Waals surface area contributed by atoms with E-state index in [1.165, 1.54) is 17.7 Å². The molecule has 1 aliphatic heterocycles. The molecule has 2 fully saturated rings. The maximum atomic E-state index is 12.2. The monoisotopic (exact) mass is 250 g/mol. The molecule has 2 aliphatic rings. The highest BCUT2D eigenvalue weighted by molar-refractivity contribution is 4.95. The Balaban J connectivity index is 1.64. The van der Waals surface area contributed by atoms with Crippen LogP contribution >= 0.6 is 0 Å². The molecule has 17 heavy (non-hydrogen) atoms. The van der Waals surface area contributed by atoms with Gasteiger partial charge in [-0.2, -0.15) is 13.2 Å². The van der Waals surface area contributed by atoms with E-state index in [1.807, 2.05) is 0 Å². The molecule has 100 valence electrons. The fourth-order valence-corrected chi connectivity index (χ4v) is 2.72. The second kappa shape index (κ2) is 5.14. The second-order valence-corrected chi connectivity index (χ2v) is 5.34. The van der Waals surface area contributed by atoms with Crippen LogP contribution in [0, 0.1) is 5.92 Å². The summed E-state index contributed by atoms with van der Waals surface area (Å²) in [6.07, 6.45) is 0.111. The van der Waals surface area contributed by atoms with Crippen LogP contribution in [0.2, 0.25) is 0 Å². The van der Waals surface area contributed by atoms with Gasteiger partial charge in [0.15, 0.2) is 0 Å². The van der Waals surface area contributed by atoms with Crippen molar-refractivity contribution in [1.82, 2.24) is 10.2 Å². The lowest BCUT2D eigenvalue weighted by atomic mass is 10.0. The summed E-state index contributed by atoms with van der Waals surface area (Å²) in [6, 6.07) is 1.07. The summed E-state index contributed by atoms with van der Waals surface area (Å²) in [5.41, 5.74) is 0. The van der Waals surface area contributed by atoms with Crippen LogP contribution in [0.5, 0.6) is 0 Å². The zero-order valence-corrected chi connectivity index (χ0v) is 10.3. The largest absolute Gasteiger partial charge is 0.401 e. The molecular weight excluding hydrogens is 229 g/mol. The lowest BCUT2D eigenvalue weighted by molar-refractivity contribution is -0.148. The number of likely N-dealkylation sites (tertiary alicyclic amines) is 1. The van der Waals surface area contributed by atoms with E-state index in [2.05, 4.69) is 12.2 Å². The van der Waals surface area contributed by atoms with Crippen LogP contribution in [-0.4, -0.2) is 42.8 Å². The summed E-state index contributed by atoms with van der Waals surface area (Å²) in [6.45, 7) is 2.58. The van der Waals surface area contributed by atoms with Gasteiger partial charge >= 0.3 is 6.18 Å². The summed E-state index contributed by atoms with van der Waals surface area (Å²) in [5.74, 6) is 0.809. The Morgan fingerprint density at radius 2 is 1.88 bits per heavy atom. The molecule has 2 atom stereocenters. The SMILES string of the molecule is CCC1CC1NC1CCN(CC(F)(F)F)CC1. The minimum atomic E-state index is -4.05. The normalized spacial score (nSPS) is 31.8. The Bertz CT molecular complexity index is 247. The first kappa shape index (κ1) is 13.1. The van der Waals surface area contributed by atoms with Crippen molar-refractivity contribution in [3.63, 3.8) is 0 Å². The van der Waals surface area contributed by atoms with Gasteiger partial charge in [0, 0.05) is 12.1 Å². The van der Waals surface area contributed by atoms with Crippen molar-refractivity contribution >= 4 is 0 Å². The van der Waals surface area contributed by atoms with E-state index in [4.69, 9.17) is 0 Å². The number of nitrogens with one attached hydrogen (secondary N) is 1. The van der Waals surface area contributed by atoms with E-state index in [1.54, 1.807) is 0 Å². The van der Waals surface area contributed by atoms with Crippen molar-refractivity contribution in [3.05, 3.63) is 0 Å². The maximum Gasteiger partial charge on any atom is 0.401 e. The number of piperidine rings is 1. The van der Waals surface area contributed by atoms with Crippen LogP contribution in [0.3, 0.4) is 0 Å². The van der Waals surface area contributed by atoms with E-state index in [0.29, 0.717) is 25.2 Å². The third-order valence-corrected chi connectivity index (χ3v) is 3.89. The fraction of sp³-hybridized carbons (Fsp3) is 1.00. The summed E-state index contributed by atoms with van der Waals surface area (Å²) >= 11 is 0. The number of hydrogen-bond acceptors (Lipinski definition) is 2. The van der Waals surface area contributed by atoms with E-state index >= 15 is 0 Å². The van der Waals surface area contributed by atoms with Crippen LogP contribution in [0.1, 0.15) is 32.6 Å². The lowest BCUT2D eigenvalue weighted by Gasteiger charge is -2.33. The molecule has 2 unspecified atom stereocenters. The molecule has 0 aromatic carbocycles. The molecule has 2 nitrogen and oxygen atoms in total. The number of nitrogens with zero attached hydrogens (tertiary/aromatic N) is 1. The van der Waals surface area contributed by atoms with Crippen LogP contribution in [0.4, 0.5) is 13.2 Å². The van der Waals surface area contributed by atoms with Gasteiger partial charge in [-0.25, -0.2) is 0 Å². The third-order valence-electron chi connectivity index (χ3n) is 3.89. The zero-order valence-electron chi connectivity index (χ0n) is 10.3. The predicted molar refractivity (Wildman–Crippen MR) is 60.8 cm³/mol. The van der Waals surface area contributed by atoms with E-state index in [-0.39, 0.29) is 0 Å². The van der Waals surface area contributed by atoms with Crippen molar-refractivity contribution in [2.24, 2.45) is 5.92 Å². The van der Waals surface area contributed by atoms with Gasteiger partial charge in [0.1, 0.15) is 0 Å². The maximum absolute atomic E-state index is 12.2. The van der Waals surface area contributed by atoms with Crippen LogP contribution < -0.4 is 5.32 Å². The number of halogens is 3. The highest BCUT2D eigenvalue weighted by Gasteiger charge is 2.38. The molecule has 0 aromatic heterocycles. The highest BCUT2D eigenvalue weighted by atomic mass is 19.4. The molecule has 0 amide bonds. The van der Waals surface area contributed by atoms with Gasteiger partial charge in [-0.3, -0.25) is 4.90 Å². The summed E-state index contributed by atoms with van der Waals surface area (Å²) in [4.78, 5) is 1.52. The van der Waals surface area contributed by atoms with Crippen molar-refractivity contribution in [3.8, 4) is 0 Å². The molecule has 1 N–H and O–H groups in total. The standard InChI is InChI=1S/C12H21F3N2/c1-2-9-7-11(9)16-10-3-5-17(6-4-10)8-12(13,14)15/h9-11,16H,2-8H2,1H3. The van der Waals surface area contributed by atoms with Crippen molar-refractivity contribution < 1.29 is 13.2 Å². The van der Waals surface area contributed by atoms with Crippen molar-refractivity contribution in [2.45, 2.75) is 50.9 Å². The molecule has 0 radical (unpaired) electrons. The van der Waals surface area contributed by atoms with Crippen LogP contribution in [0.25, 0.3) is 0 Å². The summed E-state index contributed by atoms with van der Waals surface area (Å²) in [5, 5.41) is 3.57. The van der Waals surface area contributed by atoms with Crippen LogP contribution in [-0.2, 0) is 0 Å². The van der Waals surface area contributed by atoms with E-state index < -0.39 is 12.7 Å². The number of alkyl halides is 3. The van der Waals surface area contributed by atoms with Gasteiger partial charge in [-0.1, -0.05) is 13.3 Å². The molecule has 0 bridgehead atoms. The summed E-state index contributed by atoms with van der Waals surface area (Å²) < 4.78 is 36.6. The Labute approximate surface area is 101 Å². The molecule has 2 rings (SSSR count). The highest BCUT2D eigenvalue weighted by Crippen LogP contribution is 2.34. The quantitative estimate of drug-likeness (QED) is 0.824. The van der Waals surface area contributed by atoms with Crippen molar-refractivity contribution in [1.29, 1.82) is 0 Å². The molecule has 5 heteroatoms. The molecule has 0 aromatic rings. The topological polar surface area (TPSA) is 15.3 Å². The van der Waals surface area contributed by atoms with E-state index in [0.717, 1.165) is 18.8 Å². The Morgan fingerprint density at radius 1 is 1.24 bits per heavy atom.